The van der Waals surface area contributed by atoms with Gasteiger partial charge in [0.25, 0.3) is 0 Å². The zero-order valence-corrected chi connectivity index (χ0v) is 4.97. The van der Waals surface area contributed by atoms with Gasteiger partial charge in [0.2, 0.25) is 0 Å². The second-order valence-corrected chi connectivity index (χ2v) is 1.75. The Balaban J connectivity index is 2.53. The van der Waals surface area contributed by atoms with Crippen LogP contribution in [0.25, 0.3) is 0 Å². The number of carbonyl (C=O) groups excluding carboxylic acids is 1. The van der Waals surface area contributed by atoms with Crippen LogP contribution in [0, 0.1) is 0 Å². The predicted octanol–water partition coefficient (Wildman–Crippen LogP) is -0.130. The van der Waals surface area contributed by atoms with E-state index in [9.17, 15) is 4.79 Å². The smallest absolute Gasteiger partial charge is 0.338 e. The topological polar surface area (TPSA) is 38.7 Å². The molecular weight excluding hydrogens is 126 g/mol. The first kappa shape index (κ1) is 5.62. The van der Waals surface area contributed by atoms with Crippen LogP contribution in [0.3, 0.4) is 0 Å². The van der Waals surface area contributed by atoms with Crippen molar-refractivity contribution in [3.63, 3.8) is 0 Å². The lowest BCUT2D eigenvalue weighted by Gasteiger charge is -1.93. The van der Waals surface area contributed by atoms with Crippen LogP contribution in [0.15, 0.2) is 4.99 Å². The van der Waals surface area contributed by atoms with Crippen molar-refractivity contribution in [1.82, 2.24) is 0 Å². The highest BCUT2D eigenvalue weighted by Gasteiger charge is 2.20. The Bertz CT molecular complexity index is 134. The Labute approximate surface area is 52.2 Å². The lowest BCUT2D eigenvalue weighted by molar-refractivity contribution is -0.134. The third-order valence-electron chi connectivity index (χ3n) is 0.855. The van der Waals surface area contributed by atoms with Gasteiger partial charge in [-0.3, -0.25) is 0 Å². The minimum atomic E-state index is -0.363. The molecule has 0 spiro atoms. The Morgan fingerprint density at radius 3 is 3.00 bits per heavy atom. The summed E-state index contributed by atoms with van der Waals surface area (Å²) in [5.41, 5.74) is 0. The zero-order valence-electron chi connectivity index (χ0n) is 4.07. The molecule has 8 heavy (non-hydrogen) atoms. The van der Waals surface area contributed by atoms with Gasteiger partial charge >= 0.3 is 5.97 Å². The normalized spacial score (nSPS) is 26.1. The highest BCUT2D eigenvalue weighted by Crippen LogP contribution is 2.01. The zero-order chi connectivity index (χ0) is 5.98. The predicted molar refractivity (Wildman–Crippen MR) is 32.2 cm³/mol. The van der Waals surface area contributed by atoms with Crippen LogP contribution in [0.4, 0.5) is 0 Å². The van der Waals surface area contributed by atoms with Crippen molar-refractivity contribution in [3.8, 4) is 0 Å². The van der Waals surface area contributed by atoms with E-state index in [1.165, 1.54) is 0 Å². The molecule has 0 bridgehead atoms. The Morgan fingerprint density at radius 1 is 2.00 bits per heavy atom. The van der Waals surface area contributed by atoms with E-state index in [1.54, 1.807) is 0 Å². The quantitative estimate of drug-likeness (QED) is 0.397. The van der Waals surface area contributed by atoms with E-state index in [0.717, 1.165) is 6.40 Å². The van der Waals surface area contributed by atoms with Crippen LogP contribution in [0.1, 0.15) is 0 Å². The lowest BCUT2D eigenvalue weighted by Crippen LogP contribution is -2.15. The summed E-state index contributed by atoms with van der Waals surface area (Å²) in [5, 5.41) is 0. The molecule has 0 aliphatic carbocycles. The van der Waals surface area contributed by atoms with Gasteiger partial charge in [0.15, 0.2) is 12.4 Å². The van der Waals surface area contributed by atoms with Gasteiger partial charge in [-0.05, 0) is 0 Å². The molecule has 1 rings (SSSR count). The number of cyclic esters (lactones) is 1. The van der Waals surface area contributed by atoms with Gasteiger partial charge in [-0.15, -0.1) is 0 Å². The number of hydrogen-bond acceptors (Lipinski definition) is 4. The van der Waals surface area contributed by atoms with Gasteiger partial charge in [-0.1, -0.05) is 0 Å². The molecule has 1 heterocycles. The van der Waals surface area contributed by atoms with Crippen molar-refractivity contribution in [3.05, 3.63) is 0 Å². The summed E-state index contributed by atoms with van der Waals surface area (Å²) in [4.78, 5) is 14.1. The molecule has 0 radical (unpaired) electrons. The van der Waals surface area contributed by atoms with E-state index in [0.29, 0.717) is 5.75 Å². The van der Waals surface area contributed by atoms with Crippen molar-refractivity contribution in [1.29, 1.82) is 0 Å². The van der Waals surface area contributed by atoms with E-state index < -0.39 is 0 Å². The number of rotatable bonds is 1. The van der Waals surface area contributed by atoms with E-state index in [4.69, 9.17) is 0 Å². The molecule has 0 amide bonds. The van der Waals surface area contributed by atoms with Crippen molar-refractivity contribution in [2.75, 3.05) is 5.75 Å². The molecule has 0 N–H and O–H groups in total. The monoisotopic (exact) mass is 131 g/mol. The van der Waals surface area contributed by atoms with Crippen LogP contribution >= 0.6 is 12.6 Å². The highest BCUT2D eigenvalue weighted by molar-refractivity contribution is 7.80. The molecule has 3 nitrogen and oxygen atoms in total. The third kappa shape index (κ3) is 0.838. The van der Waals surface area contributed by atoms with Crippen LogP contribution < -0.4 is 0 Å². The first-order valence-electron chi connectivity index (χ1n) is 2.17. The van der Waals surface area contributed by atoms with Gasteiger partial charge in [-0.25, -0.2) is 9.79 Å². The second kappa shape index (κ2) is 2.17. The van der Waals surface area contributed by atoms with Crippen LogP contribution in [0.2, 0.25) is 0 Å². The van der Waals surface area contributed by atoms with Gasteiger partial charge in [0.1, 0.15) is 0 Å². The lowest BCUT2D eigenvalue weighted by atomic mass is 10.4. The summed E-state index contributed by atoms with van der Waals surface area (Å²) in [6, 6.07) is -0.363. The number of ether oxygens (including phenoxy) is 1. The first-order valence-corrected chi connectivity index (χ1v) is 2.81. The summed E-state index contributed by atoms with van der Waals surface area (Å²) in [6.07, 6.45) is 1.16. The summed E-state index contributed by atoms with van der Waals surface area (Å²) < 4.78 is 4.38. The first-order chi connectivity index (χ1) is 3.84. The highest BCUT2D eigenvalue weighted by atomic mass is 32.1. The Kier molecular flexibility index (Phi) is 1.53. The molecule has 0 aromatic rings. The maximum atomic E-state index is 10.4. The number of nitrogens with zero attached hydrogens (tertiary/aromatic N) is 1. The molecule has 1 atom stereocenters. The second-order valence-electron chi connectivity index (χ2n) is 1.39. The van der Waals surface area contributed by atoms with Crippen LogP contribution in [-0.4, -0.2) is 24.2 Å². The average molecular weight is 131 g/mol. The number of carbonyl (C=O) groups is 1. The van der Waals surface area contributed by atoms with Crippen LogP contribution in [-0.2, 0) is 9.53 Å². The van der Waals surface area contributed by atoms with Crippen molar-refractivity contribution < 1.29 is 9.53 Å². The van der Waals surface area contributed by atoms with E-state index in [2.05, 4.69) is 22.4 Å². The number of thiol groups is 1. The molecule has 0 aromatic carbocycles. The third-order valence-corrected chi connectivity index (χ3v) is 1.20. The number of hydrogen-bond donors (Lipinski definition) is 1. The fourth-order valence-corrected chi connectivity index (χ4v) is 0.660. The summed E-state index contributed by atoms with van der Waals surface area (Å²) in [7, 11) is 0. The SMILES string of the molecule is O=C1OC=NC1CS. The number of esters is 1. The molecule has 0 aromatic heterocycles. The summed E-state index contributed by atoms with van der Waals surface area (Å²) in [5.74, 6) is 0.120. The van der Waals surface area contributed by atoms with Crippen molar-refractivity contribution in [2.45, 2.75) is 6.04 Å². The van der Waals surface area contributed by atoms with Gasteiger partial charge in [-0.2, -0.15) is 12.6 Å². The summed E-state index contributed by atoms with van der Waals surface area (Å²) >= 11 is 3.86. The fraction of sp³-hybridized carbons (Fsp3) is 0.500. The molecule has 1 unspecified atom stereocenters. The van der Waals surface area contributed by atoms with Gasteiger partial charge in [0.05, 0.1) is 0 Å². The van der Waals surface area contributed by atoms with Crippen molar-refractivity contribution in [2.24, 2.45) is 4.99 Å². The van der Waals surface area contributed by atoms with E-state index in [1.807, 2.05) is 0 Å². The fourth-order valence-electron chi connectivity index (χ4n) is 0.417. The number of aliphatic imine (C=N–C) groups is 1. The molecule has 1 aliphatic rings. The molecule has 0 fully saturated rings. The molecule has 4 heteroatoms. The largest absolute Gasteiger partial charge is 0.413 e. The molecular formula is C4H5NO2S. The average Bonchev–Trinajstić information content (AvgIpc) is 2.14. The van der Waals surface area contributed by atoms with E-state index in [-0.39, 0.29) is 12.0 Å². The minimum absolute atomic E-state index is 0.306. The molecule has 0 saturated carbocycles. The maximum absolute atomic E-state index is 10.4. The molecule has 0 saturated heterocycles. The summed E-state index contributed by atoms with van der Waals surface area (Å²) in [6.45, 7) is 0. The minimum Gasteiger partial charge on any atom is -0.413 e. The van der Waals surface area contributed by atoms with Crippen LogP contribution in [0.5, 0.6) is 0 Å². The van der Waals surface area contributed by atoms with Gasteiger partial charge < -0.3 is 4.74 Å². The molecule has 44 valence electrons. The van der Waals surface area contributed by atoms with E-state index >= 15 is 0 Å². The van der Waals surface area contributed by atoms with Crippen molar-refractivity contribution >= 4 is 25.0 Å². The Morgan fingerprint density at radius 2 is 2.75 bits per heavy atom. The molecule has 1 aliphatic heterocycles. The Hall–Kier alpha value is -0.510. The van der Waals surface area contributed by atoms with Gasteiger partial charge in [0, 0.05) is 5.75 Å². The maximum Gasteiger partial charge on any atom is 0.338 e. The standard InChI is InChI=1S/C4H5NO2S/c6-4-3(1-8)5-2-7-4/h2-3,8H,1H2.